The van der Waals surface area contributed by atoms with Gasteiger partial charge in [-0.3, -0.25) is 4.79 Å². The summed E-state index contributed by atoms with van der Waals surface area (Å²) in [6, 6.07) is 20.2. The fourth-order valence-corrected chi connectivity index (χ4v) is 4.54. The largest absolute Gasteiger partial charge is 0.352 e. The van der Waals surface area contributed by atoms with Gasteiger partial charge in [-0.2, -0.15) is 0 Å². The van der Waals surface area contributed by atoms with E-state index in [0.717, 1.165) is 12.0 Å². The van der Waals surface area contributed by atoms with E-state index in [-0.39, 0.29) is 30.1 Å². The maximum atomic E-state index is 12.7. The van der Waals surface area contributed by atoms with E-state index >= 15 is 0 Å². The second-order valence-electron chi connectivity index (χ2n) is 6.80. The first-order chi connectivity index (χ1) is 11.8. The zero-order valence-electron chi connectivity index (χ0n) is 13.2. The number of benzene rings is 2. The van der Waals surface area contributed by atoms with Crippen molar-refractivity contribution in [3.05, 3.63) is 71.8 Å². The first-order valence-electron chi connectivity index (χ1n) is 8.51. The van der Waals surface area contributed by atoms with Crippen LogP contribution in [0.4, 0.5) is 0 Å². The summed E-state index contributed by atoms with van der Waals surface area (Å²) in [7, 11) is 0. The van der Waals surface area contributed by atoms with Crippen LogP contribution in [0, 0.1) is 5.92 Å². The molecule has 0 saturated carbocycles. The molecule has 2 aromatic carbocycles. The van der Waals surface area contributed by atoms with Crippen molar-refractivity contribution in [3.8, 4) is 0 Å². The highest BCUT2D eigenvalue weighted by atomic mass is 16.7. The van der Waals surface area contributed by atoms with Gasteiger partial charge in [-0.15, -0.1) is 0 Å². The number of ether oxygens (including phenoxy) is 2. The second kappa shape index (κ2) is 5.16. The van der Waals surface area contributed by atoms with Crippen LogP contribution in [0.3, 0.4) is 0 Å². The molecular weight excluding hydrogens is 302 g/mol. The summed E-state index contributed by atoms with van der Waals surface area (Å²) in [4.78, 5) is 12.7. The molecule has 3 aliphatic rings. The zero-order valence-corrected chi connectivity index (χ0v) is 13.2. The van der Waals surface area contributed by atoms with Crippen LogP contribution in [0.25, 0.3) is 0 Å². The summed E-state index contributed by atoms with van der Waals surface area (Å²) in [5.74, 6) is 0.411. The lowest BCUT2D eigenvalue weighted by atomic mass is 9.64. The van der Waals surface area contributed by atoms with Gasteiger partial charge in [0.2, 0.25) is 0 Å². The van der Waals surface area contributed by atoms with Crippen molar-refractivity contribution in [2.45, 2.75) is 30.3 Å². The van der Waals surface area contributed by atoms with E-state index in [4.69, 9.17) is 9.47 Å². The number of β-lactam (4-membered cyclic amide) rings is 1. The molecule has 1 N–H and O–H groups in total. The van der Waals surface area contributed by atoms with Gasteiger partial charge in [0, 0.05) is 11.8 Å². The molecule has 122 valence electrons. The molecule has 5 rings (SSSR count). The maximum Gasteiger partial charge on any atom is 0.259 e. The smallest absolute Gasteiger partial charge is 0.259 e. The number of nitrogens with one attached hydrogen (secondary N) is 1. The maximum absolute atomic E-state index is 12.7. The van der Waals surface area contributed by atoms with Crippen molar-refractivity contribution in [3.63, 3.8) is 0 Å². The minimum absolute atomic E-state index is 0.0576. The van der Waals surface area contributed by atoms with Crippen LogP contribution in [-0.2, 0) is 19.9 Å². The number of hydrogen-bond acceptors (Lipinski definition) is 3. The normalized spacial score (nSPS) is 37.1. The SMILES string of the molecule is O=C1N[C@@H]2[C@H](c3ccccc3)[C@@H]3CCO[C@@H]3O[C@]12c1ccccc1. The lowest BCUT2D eigenvalue weighted by Gasteiger charge is -2.57. The van der Waals surface area contributed by atoms with Crippen LogP contribution >= 0.6 is 0 Å². The first kappa shape index (κ1) is 14.2. The zero-order chi connectivity index (χ0) is 16.1. The van der Waals surface area contributed by atoms with E-state index in [0.29, 0.717) is 6.61 Å². The molecule has 0 aliphatic carbocycles. The van der Waals surface area contributed by atoms with Gasteiger partial charge in [0.25, 0.3) is 5.91 Å². The van der Waals surface area contributed by atoms with Gasteiger partial charge in [0.15, 0.2) is 11.9 Å². The molecule has 24 heavy (non-hydrogen) atoms. The molecular formula is C20H19NO3. The summed E-state index contributed by atoms with van der Waals surface area (Å²) in [6.07, 6.45) is 0.638. The highest BCUT2D eigenvalue weighted by Gasteiger charge is 2.67. The van der Waals surface area contributed by atoms with Crippen molar-refractivity contribution in [2.24, 2.45) is 5.92 Å². The van der Waals surface area contributed by atoms with Crippen molar-refractivity contribution in [2.75, 3.05) is 6.61 Å². The van der Waals surface area contributed by atoms with E-state index in [1.807, 2.05) is 36.4 Å². The van der Waals surface area contributed by atoms with Crippen LogP contribution in [-0.4, -0.2) is 24.8 Å². The van der Waals surface area contributed by atoms with Gasteiger partial charge in [-0.25, -0.2) is 0 Å². The van der Waals surface area contributed by atoms with Gasteiger partial charge in [-0.05, 0) is 17.5 Å². The van der Waals surface area contributed by atoms with Crippen LogP contribution < -0.4 is 5.32 Å². The molecule has 3 heterocycles. The lowest BCUT2D eigenvalue weighted by Crippen LogP contribution is -2.77. The Morgan fingerprint density at radius 3 is 2.42 bits per heavy atom. The van der Waals surface area contributed by atoms with Crippen LogP contribution in [0.1, 0.15) is 23.5 Å². The average Bonchev–Trinajstić information content (AvgIpc) is 3.09. The van der Waals surface area contributed by atoms with Crippen LogP contribution in [0.2, 0.25) is 0 Å². The van der Waals surface area contributed by atoms with Crippen molar-refractivity contribution in [1.82, 2.24) is 5.32 Å². The number of hydrogen-bond donors (Lipinski definition) is 1. The molecule has 0 aromatic heterocycles. The molecule has 3 saturated heterocycles. The number of carbonyl (C=O) groups excluding carboxylic acids is 1. The molecule has 2 aromatic rings. The topological polar surface area (TPSA) is 47.6 Å². The highest BCUT2D eigenvalue weighted by Crippen LogP contribution is 2.54. The predicted octanol–water partition coefficient (Wildman–Crippen LogP) is 2.56. The quantitative estimate of drug-likeness (QED) is 0.865. The predicted molar refractivity (Wildman–Crippen MR) is 88.2 cm³/mol. The molecule has 0 unspecified atom stereocenters. The number of carbonyl (C=O) groups is 1. The molecule has 3 fully saturated rings. The number of fused-ring (bicyclic) bond motifs is 2. The van der Waals surface area contributed by atoms with Crippen molar-refractivity contribution >= 4 is 5.91 Å². The van der Waals surface area contributed by atoms with Gasteiger partial charge in [-0.1, -0.05) is 60.7 Å². The second-order valence-corrected chi connectivity index (χ2v) is 6.80. The molecule has 1 amide bonds. The lowest BCUT2D eigenvalue weighted by molar-refractivity contribution is -0.267. The molecule has 4 heteroatoms. The summed E-state index contributed by atoms with van der Waals surface area (Å²) < 4.78 is 12.2. The van der Waals surface area contributed by atoms with E-state index < -0.39 is 5.60 Å². The monoisotopic (exact) mass is 321 g/mol. The van der Waals surface area contributed by atoms with E-state index in [2.05, 4.69) is 29.6 Å². The minimum Gasteiger partial charge on any atom is -0.352 e. The van der Waals surface area contributed by atoms with E-state index in [1.54, 1.807) is 0 Å². The number of rotatable bonds is 2. The Hall–Kier alpha value is -2.17. The summed E-state index contributed by atoms with van der Waals surface area (Å²) >= 11 is 0. The number of amides is 1. The van der Waals surface area contributed by atoms with Gasteiger partial charge >= 0.3 is 0 Å². The Bertz CT molecular complexity index is 763. The Morgan fingerprint density at radius 2 is 1.71 bits per heavy atom. The van der Waals surface area contributed by atoms with Crippen LogP contribution in [0.15, 0.2) is 60.7 Å². The van der Waals surface area contributed by atoms with Gasteiger partial charge in [0.1, 0.15) is 0 Å². The summed E-state index contributed by atoms with van der Waals surface area (Å²) in [6.45, 7) is 0.685. The average molecular weight is 321 g/mol. The Morgan fingerprint density at radius 1 is 1.00 bits per heavy atom. The van der Waals surface area contributed by atoms with Gasteiger partial charge in [0.05, 0.1) is 12.6 Å². The minimum atomic E-state index is -0.937. The Balaban J connectivity index is 1.64. The third-order valence-corrected chi connectivity index (χ3v) is 5.65. The van der Waals surface area contributed by atoms with Gasteiger partial charge < -0.3 is 14.8 Å². The Kier molecular flexibility index (Phi) is 3.05. The third kappa shape index (κ3) is 1.78. The fraction of sp³-hybridized carbons (Fsp3) is 0.350. The Labute approximate surface area is 140 Å². The molecule has 0 radical (unpaired) electrons. The molecule has 4 nitrogen and oxygen atoms in total. The highest BCUT2D eigenvalue weighted by molar-refractivity contribution is 5.95. The van der Waals surface area contributed by atoms with E-state index in [9.17, 15) is 4.79 Å². The van der Waals surface area contributed by atoms with Crippen molar-refractivity contribution in [1.29, 1.82) is 0 Å². The standard InChI is InChI=1S/C20H19NO3/c22-19-20(14-9-5-2-6-10-14)17(21-19)16(13-7-3-1-4-8-13)15-11-12-23-18(15)24-20/h1-10,15-18H,11-12H2,(H,21,22)/t15-,16+,17+,18+,20-/m0/s1. The van der Waals surface area contributed by atoms with E-state index in [1.165, 1.54) is 5.56 Å². The molecule has 5 atom stereocenters. The van der Waals surface area contributed by atoms with Crippen molar-refractivity contribution < 1.29 is 14.3 Å². The molecule has 0 spiro atoms. The third-order valence-electron chi connectivity index (χ3n) is 5.65. The molecule has 3 aliphatic heterocycles. The first-order valence-corrected chi connectivity index (χ1v) is 8.51. The summed E-state index contributed by atoms with van der Waals surface area (Å²) in [5.41, 5.74) is 1.22. The fourth-order valence-electron chi connectivity index (χ4n) is 4.54. The summed E-state index contributed by atoms with van der Waals surface area (Å²) in [5, 5.41) is 3.13. The molecule has 0 bridgehead atoms. The van der Waals surface area contributed by atoms with Crippen LogP contribution in [0.5, 0.6) is 0 Å².